The second kappa shape index (κ2) is 5.56. The number of aromatic nitrogens is 2. The van der Waals surface area contributed by atoms with Crippen molar-refractivity contribution >= 4 is 19.1 Å². The standard InChI is InChI=1S/C15H15BN2O3/c1-7(2)11-12(17-15(21)18-14(11)20)13(19)9-4-8(3)5-10(16)6-9/h4-7H,1-3H3,(H2,17,18,20,21). The van der Waals surface area contributed by atoms with Crippen molar-refractivity contribution in [3.8, 4) is 0 Å². The molecule has 0 bridgehead atoms. The molecule has 0 aliphatic heterocycles. The van der Waals surface area contributed by atoms with Crippen molar-refractivity contribution in [1.29, 1.82) is 0 Å². The van der Waals surface area contributed by atoms with E-state index < -0.39 is 17.0 Å². The summed E-state index contributed by atoms with van der Waals surface area (Å²) in [5.41, 5.74) is 0.665. The topological polar surface area (TPSA) is 82.8 Å². The minimum atomic E-state index is -0.701. The molecule has 1 aromatic heterocycles. The van der Waals surface area contributed by atoms with Crippen LogP contribution in [-0.2, 0) is 0 Å². The average Bonchev–Trinajstić information content (AvgIpc) is 2.35. The summed E-state index contributed by atoms with van der Waals surface area (Å²) in [6.07, 6.45) is 0. The van der Waals surface area contributed by atoms with Crippen LogP contribution in [0.25, 0.3) is 0 Å². The van der Waals surface area contributed by atoms with Gasteiger partial charge in [-0.1, -0.05) is 37.0 Å². The molecule has 2 aromatic rings. The van der Waals surface area contributed by atoms with Crippen molar-refractivity contribution in [2.24, 2.45) is 0 Å². The van der Waals surface area contributed by atoms with Gasteiger partial charge in [-0.15, -0.1) is 0 Å². The number of nitrogens with one attached hydrogen (secondary N) is 2. The van der Waals surface area contributed by atoms with Gasteiger partial charge in [-0.05, 0) is 18.9 Å². The molecule has 2 rings (SSSR count). The number of benzene rings is 1. The fraction of sp³-hybridized carbons (Fsp3) is 0.267. The van der Waals surface area contributed by atoms with Crippen molar-refractivity contribution in [2.75, 3.05) is 0 Å². The summed E-state index contributed by atoms with van der Waals surface area (Å²) in [5.74, 6) is -0.621. The summed E-state index contributed by atoms with van der Waals surface area (Å²) < 4.78 is 0. The van der Waals surface area contributed by atoms with Gasteiger partial charge in [-0.25, -0.2) is 4.79 Å². The van der Waals surface area contributed by atoms with E-state index in [2.05, 4.69) is 9.97 Å². The maximum absolute atomic E-state index is 12.6. The Morgan fingerprint density at radius 2 is 1.81 bits per heavy atom. The van der Waals surface area contributed by atoms with Crippen LogP contribution in [0.4, 0.5) is 0 Å². The zero-order valence-electron chi connectivity index (χ0n) is 12.1. The highest BCUT2D eigenvalue weighted by Crippen LogP contribution is 2.16. The molecule has 5 nitrogen and oxygen atoms in total. The number of hydrogen-bond donors (Lipinski definition) is 2. The lowest BCUT2D eigenvalue weighted by Crippen LogP contribution is -2.31. The van der Waals surface area contributed by atoms with Gasteiger partial charge < -0.3 is 4.98 Å². The molecule has 1 heterocycles. The Kier molecular flexibility index (Phi) is 3.98. The van der Waals surface area contributed by atoms with Crippen molar-refractivity contribution in [1.82, 2.24) is 9.97 Å². The molecule has 0 atom stereocenters. The third kappa shape index (κ3) is 3.04. The maximum Gasteiger partial charge on any atom is 0.326 e. The predicted octanol–water partition coefficient (Wildman–Crippen LogP) is 0.520. The quantitative estimate of drug-likeness (QED) is 0.636. The number of rotatable bonds is 3. The van der Waals surface area contributed by atoms with Crippen LogP contribution in [0.15, 0.2) is 27.8 Å². The van der Waals surface area contributed by atoms with E-state index in [0.29, 0.717) is 11.0 Å². The number of aromatic amines is 2. The highest BCUT2D eigenvalue weighted by atomic mass is 16.2. The van der Waals surface area contributed by atoms with Gasteiger partial charge in [-0.2, -0.15) is 0 Å². The summed E-state index contributed by atoms with van der Waals surface area (Å²) in [4.78, 5) is 40.6. The van der Waals surface area contributed by atoms with Crippen LogP contribution in [0.5, 0.6) is 0 Å². The van der Waals surface area contributed by atoms with Crippen LogP contribution in [0.2, 0.25) is 0 Å². The number of H-pyrrole nitrogens is 2. The molecule has 21 heavy (non-hydrogen) atoms. The normalized spacial score (nSPS) is 10.9. The first-order valence-corrected chi connectivity index (χ1v) is 6.58. The van der Waals surface area contributed by atoms with Crippen molar-refractivity contribution in [3.05, 3.63) is 61.4 Å². The highest BCUT2D eigenvalue weighted by molar-refractivity contribution is 6.33. The highest BCUT2D eigenvalue weighted by Gasteiger charge is 2.20. The van der Waals surface area contributed by atoms with Crippen LogP contribution in [0.1, 0.15) is 46.9 Å². The Bertz CT molecular complexity index is 798. The Morgan fingerprint density at radius 1 is 1.14 bits per heavy atom. The minimum absolute atomic E-state index is 0.0174. The first-order chi connectivity index (χ1) is 9.79. The molecule has 0 fully saturated rings. The molecule has 0 saturated heterocycles. The minimum Gasteiger partial charge on any atom is -0.304 e. The number of hydrogen-bond acceptors (Lipinski definition) is 3. The Hall–Kier alpha value is -2.37. The lowest BCUT2D eigenvalue weighted by atomic mass is 9.89. The van der Waals surface area contributed by atoms with Crippen molar-refractivity contribution in [3.63, 3.8) is 0 Å². The van der Waals surface area contributed by atoms with E-state index >= 15 is 0 Å². The van der Waals surface area contributed by atoms with Gasteiger partial charge >= 0.3 is 5.69 Å². The van der Waals surface area contributed by atoms with Gasteiger partial charge in [0.1, 0.15) is 7.85 Å². The van der Waals surface area contributed by atoms with E-state index in [0.717, 1.165) is 5.56 Å². The number of ketones is 1. The molecule has 0 amide bonds. The van der Waals surface area contributed by atoms with Gasteiger partial charge in [0.25, 0.3) is 5.56 Å². The Morgan fingerprint density at radius 3 is 2.38 bits per heavy atom. The lowest BCUT2D eigenvalue weighted by molar-refractivity contribution is 0.103. The van der Waals surface area contributed by atoms with Crippen LogP contribution in [0, 0.1) is 6.92 Å². The molecule has 2 radical (unpaired) electrons. The number of carbonyl (C=O) groups excluding carboxylic acids is 1. The van der Waals surface area contributed by atoms with Crippen LogP contribution >= 0.6 is 0 Å². The van der Waals surface area contributed by atoms with E-state index in [1.54, 1.807) is 26.0 Å². The zero-order valence-corrected chi connectivity index (χ0v) is 12.1. The summed E-state index contributed by atoms with van der Waals surface area (Å²) in [6.45, 7) is 5.38. The van der Waals surface area contributed by atoms with E-state index in [9.17, 15) is 14.4 Å². The number of aryl methyl sites for hydroxylation is 1. The van der Waals surface area contributed by atoms with E-state index in [1.807, 2.05) is 6.92 Å². The van der Waals surface area contributed by atoms with Gasteiger partial charge in [0.2, 0.25) is 5.78 Å². The van der Waals surface area contributed by atoms with Gasteiger partial charge in [0.15, 0.2) is 0 Å². The lowest BCUT2D eigenvalue weighted by Gasteiger charge is -2.11. The Balaban J connectivity index is 2.68. The molecule has 1 aromatic carbocycles. The first-order valence-electron chi connectivity index (χ1n) is 6.58. The third-order valence-corrected chi connectivity index (χ3v) is 3.15. The predicted molar refractivity (Wildman–Crippen MR) is 81.8 cm³/mol. The van der Waals surface area contributed by atoms with E-state index in [1.165, 1.54) is 6.07 Å². The third-order valence-electron chi connectivity index (χ3n) is 3.15. The molecule has 0 unspecified atom stereocenters. The summed E-state index contributed by atoms with van der Waals surface area (Å²) in [6, 6.07) is 4.93. The van der Waals surface area contributed by atoms with Crippen molar-refractivity contribution in [2.45, 2.75) is 26.7 Å². The van der Waals surface area contributed by atoms with Crippen LogP contribution in [0.3, 0.4) is 0 Å². The van der Waals surface area contributed by atoms with Crippen molar-refractivity contribution < 1.29 is 4.79 Å². The largest absolute Gasteiger partial charge is 0.326 e. The molecule has 2 N–H and O–H groups in total. The molecule has 0 aliphatic rings. The molecule has 0 saturated carbocycles. The van der Waals surface area contributed by atoms with Gasteiger partial charge in [-0.3, -0.25) is 14.6 Å². The second-order valence-electron chi connectivity index (χ2n) is 5.31. The van der Waals surface area contributed by atoms with Gasteiger partial charge in [0, 0.05) is 11.1 Å². The van der Waals surface area contributed by atoms with Crippen LogP contribution < -0.4 is 16.7 Å². The fourth-order valence-corrected chi connectivity index (χ4v) is 2.31. The first kappa shape index (κ1) is 15.0. The SMILES string of the molecule is [B]c1cc(C)cc(C(=O)c2[nH]c(=O)[nH]c(=O)c2C(C)C)c1. The summed E-state index contributed by atoms with van der Waals surface area (Å²) >= 11 is 0. The Labute approximate surface area is 122 Å². The summed E-state index contributed by atoms with van der Waals surface area (Å²) in [5, 5.41) is 0. The number of carbonyl (C=O) groups is 1. The average molecular weight is 282 g/mol. The summed E-state index contributed by atoms with van der Waals surface area (Å²) in [7, 11) is 5.74. The fourth-order valence-electron chi connectivity index (χ4n) is 2.31. The molecule has 106 valence electrons. The van der Waals surface area contributed by atoms with E-state index in [4.69, 9.17) is 7.85 Å². The van der Waals surface area contributed by atoms with Crippen LogP contribution in [-0.4, -0.2) is 23.6 Å². The molecule has 6 heteroatoms. The molecule has 0 aliphatic carbocycles. The van der Waals surface area contributed by atoms with Gasteiger partial charge in [0.05, 0.1) is 5.69 Å². The van der Waals surface area contributed by atoms with E-state index in [-0.39, 0.29) is 17.2 Å². The zero-order chi connectivity index (χ0) is 15.7. The smallest absolute Gasteiger partial charge is 0.304 e. The second-order valence-corrected chi connectivity index (χ2v) is 5.31. The maximum atomic E-state index is 12.6. The molecule has 0 spiro atoms. The monoisotopic (exact) mass is 282 g/mol. The molecular weight excluding hydrogens is 267 g/mol. The molecular formula is C15H15BN2O3.